The summed E-state index contributed by atoms with van der Waals surface area (Å²) in [5.74, 6) is 0. The zero-order chi connectivity index (χ0) is 8.43. The van der Waals surface area contributed by atoms with Crippen LogP contribution in [0.25, 0.3) is 0 Å². The first-order chi connectivity index (χ1) is 5.11. The van der Waals surface area contributed by atoms with Crippen molar-refractivity contribution in [3.63, 3.8) is 0 Å². The highest BCUT2D eigenvalue weighted by molar-refractivity contribution is 5.05. The van der Waals surface area contributed by atoms with Gasteiger partial charge in [-0.1, -0.05) is 12.2 Å². The van der Waals surface area contributed by atoms with Gasteiger partial charge in [0.15, 0.2) is 0 Å². The van der Waals surface area contributed by atoms with Gasteiger partial charge in [-0.05, 0) is 13.8 Å². The summed E-state index contributed by atoms with van der Waals surface area (Å²) in [7, 11) is 0. The molecular weight excluding hydrogens is 140 g/mol. The minimum Gasteiger partial charge on any atom is -0.368 e. The minimum atomic E-state index is 0.0185. The monoisotopic (exact) mass is 156 g/mol. The summed E-state index contributed by atoms with van der Waals surface area (Å²) in [5.41, 5.74) is 11.3. The molecule has 0 fully saturated rings. The average molecular weight is 156 g/mol. The van der Waals surface area contributed by atoms with Crippen molar-refractivity contribution >= 4 is 0 Å². The average Bonchev–Trinajstić information content (AvgIpc) is 1.94. The summed E-state index contributed by atoms with van der Waals surface area (Å²) in [6.45, 7) is 3.89. The molecule has 0 saturated carbocycles. The summed E-state index contributed by atoms with van der Waals surface area (Å²) in [6.07, 6.45) is 4.01. The quantitative estimate of drug-likeness (QED) is 0.525. The van der Waals surface area contributed by atoms with E-state index >= 15 is 0 Å². The summed E-state index contributed by atoms with van der Waals surface area (Å²) in [6, 6.07) is 0.0613. The second-order valence-electron chi connectivity index (χ2n) is 3.13. The van der Waals surface area contributed by atoms with Crippen LogP contribution in [0.2, 0.25) is 0 Å². The molecule has 1 aliphatic rings. The molecule has 4 N–H and O–H groups in total. The Kier molecular flexibility index (Phi) is 2.65. The minimum absolute atomic E-state index is 0.0185. The molecule has 3 heteroatoms. The van der Waals surface area contributed by atoms with Crippen molar-refractivity contribution in [3.05, 3.63) is 12.2 Å². The van der Waals surface area contributed by atoms with Gasteiger partial charge in [0.25, 0.3) is 0 Å². The Morgan fingerprint density at radius 3 is 2.55 bits per heavy atom. The number of hydrogen-bond acceptors (Lipinski definition) is 3. The zero-order valence-corrected chi connectivity index (χ0v) is 7.03. The fourth-order valence-electron chi connectivity index (χ4n) is 1.08. The molecule has 0 aromatic rings. The Morgan fingerprint density at radius 2 is 2.09 bits per heavy atom. The number of nitrogens with two attached hydrogens (primary N) is 2. The number of hydrogen-bond donors (Lipinski definition) is 2. The van der Waals surface area contributed by atoms with Gasteiger partial charge >= 0.3 is 0 Å². The normalized spacial score (nSPS) is 40.5. The lowest BCUT2D eigenvalue weighted by Gasteiger charge is -2.29. The predicted octanol–water partition coefficient (Wildman–Crippen LogP) is 0.00440. The van der Waals surface area contributed by atoms with Crippen LogP contribution in [0.4, 0.5) is 0 Å². The van der Waals surface area contributed by atoms with E-state index in [9.17, 15) is 0 Å². The topological polar surface area (TPSA) is 61.3 Å². The van der Waals surface area contributed by atoms with E-state index in [0.717, 1.165) is 0 Å². The van der Waals surface area contributed by atoms with Gasteiger partial charge in [0.1, 0.15) is 0 Å². The molecule has 3 nitrogen and oxygen atoms in total. The molecule has 1 heterocycles. The van der Waals surface area contributed by atoms with Gasteiger partial charge in [-0.15, -0.1) is 0 Å². The molecule has 0 amide bonds. The van der Waals surface area contributed by atoms with Crippen LogP contribution in [0.5, 0.6) is 0 Å². The van der Waals surface area contributed by atoms with E-state index in [1.54, 1.807) is 0 Å². The van der Waals surface area contributed by atoms with E-state index in [-0.39, 0.29) is 24.3 Å². The van der Waals surface area contributed by atoms with Crippen molar-refractivity contribution in [2.45, 2.75) is 38.1 Å². The molecule has 64 valence electrons. The molecule has 4 atom stereocenters. The van der Waals surface area contributed by atoms with Crippen LogP contribution >= 0.6 is 0 Å². The lowest BCUT2D eigenvalue weighted by atomic mass is 10.1. The smallest absolute Gasteiger partial charge is 0.0909 e. The van der Waals surface area contributed by atoms with E-state index in [4.69, 9.17) is 16.2 Å². The van der Waals surface area contributed by atoms with Gasteiger partial charge < -0.3 is 16.2 Å². The zero-order valence-electron chi connectivity index (χ0n) is 7.03. The van der Waals surface area contributed by atoms with Crippen LogP contribution in [-0.2, 0) is 4.74 Å². The SMILES string of the molecule is CC(N)C1C=CC(N)[C@@H](C)O1. The molecule has 3 unspecified atom stereocenters. The van der Waals surface area contributed by atoms with Crippen LogP contribution in [0.15, 0.2) is 12.2 Å². The lowest BCUT2D eigenvalue weighted by Crippen LogP contribution is -2.44. The van der Waals surface area contributed by atoms with Crippen LogP contribution in [0, 0.1) is 0 Å². The molecule has 1 aliphatic heterocycles. The van der Waals surface area contributed by atoms with E-state index in [2.05, 4.69) is 0 Å². The second kappa shape index (κ2) is 3.34. The highest BCUT2D eigenvalue weighted by atomic mass is 16.5. The third kappa shape index (κ3) is 2.02. The Morgan fingerprint density at radius 1 is 1.45 bits per heavy atom. The predicted molar refractivity (Wildman–Crippen MR) is 45.1 cm³/mol. The van der Waals surface area contributed by atoms with Gasteiger partial charge in [0.05, 0.1) is 12.2 Å². The lowest BCUT2D eigenvalue weighted by molar-refractivity contribution is -0.00141. The Bertz CT molecular complexity index is 156. The van der Waals surface area contributed by atoms with Crippen molar-refractivity contribution in [3.8, 4) is 0 Å². The van der Waals surface area contributed by atoms with E-state index < -0.39 is 0 Å². The summed E-state index contributed by atoms with van der Waals surface area (Å²) < 4.78 is 5.52. The van der Waals surface area contributed by atoms with Crippen molar-refractivity contribution in [1.29, 1.82) is 0 Å². The van der Waals surface area contributed by atoms with E-state index in [1.165, 1.54) is 0 Å². The standard InChI is InChI=1S/C8H16N2O/c1-5(9)8-4-3-7(10)6(2)11-8/h3-8H,9-10H2,1-2H3/t5?,6-,7?,8?/m1/s1. The van der Waals surface area contributed by atoms with Crippen LogP contribution in [-0.4, -0.2) is 24.3 Å². The molecule has 0 aromatic heterocycles. The van der Waals surface area contributed by atoms with Gasteiger partial charge in [-0.25, -0.2) is 0 Å². The van der Waals surface area contributed by atoms with Gasteiger partial charge in [-0.3, -0.25) is 0 Å². The van der Waals surface area contributed by atoms with Gasteiger partial charge in [0.2, 0.25) is 0 Å². The summed E-state index contributed by atoms with van der Waals surface area (Å²) in [5, 5.41) is 0. The molecule has 0 aromatic carbocycles. The fraction of sp³-hybridized carbons (Fsp3) is 0.750. The molecular formula is C8H16N2O. The number of ether oxygens (including phenoxy) is 1. The highest BCUT2D eigenvalue weighted by Gasteiger charge is 2.22. The highest BCUT2D eigenvalue weighted by Crippen LogP contribution is 2.12. The first-order valence-corrected chi connectivity index (χ1v) is 3.96. The first-order valence-electron chi connectivity index (χ1n) is 3.96. The van der Waals surface area contributed by atoms with Crippen molar-refractivity contribution in [2.24, 2.45) is 11.5 Å². The molecule has 1 rings (SSSR count). The van der Waals surface area contributed by atoms with Gasteiger partial charge in [0, 0.05) is 12.1 Å². The third-order valence-corrected chi connectivity index (χ3v) is 1.96. The first kappa shape index (κ1) is 8.71. The molecule has 0 spiro atoms. The maximum atomic E-state index is 5.69. The van der Waals surface area contributed by atoms with Crippen molar-refractivity contribution in [2.75, 3.05) is 0 Å². The molecule has 0 bridgehead atoms. The van der Waals surface area contributed by atoms with E-state index in [0.29, 0.717) is 0 Å². The fourth-order valence-corrected chi connectivity index (χ4v) is 1.08. The Labute approximate surface area is 67.4 Å². The van der Waals surface area contributed by atoms with Crippen molar-refractivity contribution < 1.29 is 4.74 Å². The molecule has 11 heavy (non-hydrogen) atoms. The summed E-state index contributed by atoms with van der Waals surface area (Å²) in [4.78, 5) is 0. The second-order valence-corrected chi connectivity index (χ2v) is 3.13. The number of rotatable bonds is 1. The molecule has 0 radical (unpaired) electrons. The molecule has 0 saturated heterocycles. The molecule has 0 aliphatic carbocycles. The van der Waals surface area contributed by atoms with Gasteiger partial charge in [-0.2, -0.15) is 0 Å². The Balaban J connectivity index is 2.56. The third-order valence-electron chi connectivity index (χ3n) is 1.96. The Hall–Kier alpha value is -0.380. The largest absolute Gasteiger partial charge is 0.368 e. The maximum Gasteiger partial charge on any atom is 0.0909 e. The van der Waals surface area contributed by atoms with E-state index in [1.807, 2.05) is 26.0 Å². The van der Waals surface area contributed by atoms with Crippen LogP contribution in [0.3, 0.4) is 0 Å². The van der Waals surface area contributed by atoms with Crippen LogP contribution < -0.4 is 11.5 Å². The summed E-state index contributed by atoms with van der Waals surface area (Å²) >= 11 is 0. The maximum absolute atomic E-state index is 5.69. The van der Waals surface area contributed by atoms with Crippen LogP contribution in [0.1, 0.15) is 13.8 Å². The van der Waals surface area contributed by atoms with Crippen molar-refractivity contribution in [1.82, 2.24) is 0 Å².